The molecule has 0 aromatic rings. The van der Waals surface area contributed by atoms with E-state index in [1.54, 1.807) is 0 Å². The lowest BCUT2D eigenvalue weighted by atomic mass is 9.92. The Morgan fingerprint density at radius 3 is 2.33 bits per heavy atom. The average Bonchev–Trinajstić information content (AvgIpc) is 3.02. The van der Waals surface area contributed by atoms with E-state index in [1.807, 2.05) is 6.92 Å². The SMILES string of the molecule is CC(N)(C(=O)NC1CCCCC1)C1CC1. The lowest BCUT2D eigenvalue weighted by Gasteiger charge is -2.29. The number of nitrogens with one attached hydrogen (secondary N) is 1. The third-order valence-corrected chi connectivity index (χ3v) is 3.86. The number of carbonyl (C=O) groups is 1. The Labute approximate surface area is 91.8 Å². The minimum absolute atomic E-state index is 0.0666. The largest absolute Gasteiger partial charge is 0.352 e. The molecule has 1 unspecified atom stereocenters. The summed E-state index contributed by atoms with van der Waals surface area (Å²) >= 11 is 0. The van der Waals surface area contributed by atoms with E-state index in [9.17, 15) is 4.79 Å². The molecule has 1 atom stereocenters. The van der Waals surface area contributed by atoms with Crippen molar-refractivity contribution in [2.75, 3.05) is 0 Å². The summed E-state index contributed by atoms with van der Waals surface area (Å²) in [5.41, 5.74) is 5.44. The van der Waals surface area contributed by atoms with Gasteiger partial charge in [0.2, 0.25) is 5.91 Å². The van der Waals surface area contributed by atoms with Crippen LogP contribution in [-0.4, -0.2) is 17.5 Å². The van der Waals surface area contributed by atoms with Gasteiger partial charge in [-0.05, 0) is 38.5 Å². The summed E-state index contributed by atoms with van der Waals surface area (Å²) in [6.07, 6.45) is 8.30. The Hall–Kier alpha value is -0.570. The molecule has 2 rings (SSSR count). The van der Waals surface area contributed by atoms with Gasteiger partial charge in [0.15, 0.2) is 0 Å². The van der Waals surface area contributed by atoms with Gasteiger partial charge >= 0.3 is 0 Å². The molecule has 2 saturated carbocycles. The minimum atomic E-state index is -0.628. The number of nitrogens with two attached hydrogens (primary N) is 1. The molecular formula is C12H22N2O. The van der Waals surface area contributed by atoms with Crippen LogP contribution in [0.2, 0.25) is 0 Å². The maximum Gasteiger partial charge on any atom is 0.240 e. The Morgan fingerprint density at radius 1 is 1.20 bits per heavy atom. The Bertz CT molecular complexity index is 240. The van der Waals surface area contributed by atoms with Gasteiger partial charge in [0, 0.05) is 6.04 Å². The van der Waals surface area contributed by atoms with E-state index in [4.69, 9.17) is 5.73 Å². The molecule has 0 saturated heterocycles. The van der Waals surface area contributed by atoms with Crippen molar-refractivity contribution in [1.29, 1.82) is 0 Å². The molecule has 3 nitrogen and oxygen atoms in total. The number of hydrogen-bond donors (Lipinski definition) is 2. The Balaban J connectivity index is 1.84. The molecule has 0 aromatic heterocycles. The van der Waals surface area contributed by atoms with E-state index in [-0.39, 0.29) is 5.91 Å². The Morgan fingerprint density at radius 2 is 1.80 bits per heavy atom. The highest BCUT2D eigenvalue weighted by Crippen LogP contribution is 2.38. The average molecular weight is 210 g/mol. The van der Waals surface area contributed by atoms with Gasteiger partial charge in [0.1, 0.15) is 0 Å². The van der Waals surface area contributed by atoms with Crippen molar-refractivity contribution in [3.05, 3.63) is 0 Å². The van der Waals surface area contributed by atoms with Crippen LogP contribution in [0.1, 0.15) is 51.9 Å². The predicted octanol–water partition coefficient (Wildman–Crippen LogP) is 1.56. The van der Waals surface area contributed by atoms with Crippen LogP contribution >= 0.6 is 0 Å². The van der Waals surface area contributed by atoms with Gasteiger partial charge < -0.3 is 11.1 Å². The van der Waals surface area contributed by atoms with Gasteiger partial charge in [-0.2, -0.15) is 0 Å². The van der Waals surface area contributed by atoms with Crippen molar-refractivity contribution in [2.45, 2.75) is 63.5 Å². The summed E-state index contributed by atoms with van der Waals surface area (Å²) in [5.74, 6) is 0.484. The highest BCUT2D eigenvalue weighted by atomic mass is 16.2. The summed E-state index contributed by atoms with van der Waals surface area (Å²) in [4.78, 5) is 12.0. The topological polar surface area (TPSA) is 55.1 Å². The molecule has 0 spiro atoms. The molecule has 86 valence electrons. The molecule has 1 amide bonds. The summed E-state index contributed by atoms with van der Waals surface area (Å²) < 4.78 is 0. The molecule has 2 fully saturated rings. The number of rotatable bonds is 3. The van der Waals surface area contributed by atoms with Crippen LogP contribution in [0.3, 0.4) is 0 Å². The number of hydrogen-bond acceptors (Lipinski definition) is 2. The van der Waals surface area contributed by atoms with Crippen LogP contribution in [0, 0.1) is 5.92 Å². The van der Waals surface area contributed by atoms with E-state index in [2.05, 4.69) is 5.32 Å². The van der Waals surface area contributed by atoms with E-state index < -0.39 is 5.54 Å². The molecule has 15 heavy (non-hydrogen) atoms. The minimum Gasteiger partial charge on any atom is -0.352 e. The monoisotopic (exact) mass is 210 g/mol. The lowest BCUT2D eigenvalue weighted by Crippen LogP contribution is -2.55. The quantitative estimate of drug-likeness (QED) is 0.742. The molecule has 0 heterocycles. The number of amides is 1. The molecule has 2 aliphatic carbocycles. The van der Waals surface area contributed by atoms with Crippen LogP contribution in [-0.2, 0) is 4.79 Å². The third-order valence-electron chi connectivity index (χ3n) is 3.86. The molecule has 0 aliphatic heterocycles. The molecule has 3 N–H and O–H groups in total. The van der Waals surface area contributed by atoms with Crippen LogP contribution < -0.4 is 11.1 Å². The maximum absolute atomic E-state index is 12.0. The normalized spacial score (nSPS) is 27.1. The van der Waals surface area contributed by atoms with Crippen LogP contribution in [0.5, 0.6) is 0 Å². The van der Waals surface area contributed by atoms with Crippen molar-refractivity contribution in [2.24, 2.45) is 11.7 Å². The summed E-state index contributed by atoms with van der Waals surface area (Å²) in [6.45, 7) is 1.88. The van der Waals surface area contributed by atoms with E-state index >= 15 is 0 Å². The van der Waals surface area contributed by atoms with Gasteiger partial charge in [0.05, 0.1) is 5.54 Å². The standard InChI is InChI=1S/C12H22N2O/c1-12(13,9-7-8-9)11(15)14-10-5-3-2-4-6-10/h9-10H,2-8,13H2,1H3,(H,14,15). The molecule has 0 aromatic carbocycles. The van der Waals surface area contributed by atoms with Crippen LogP contribution in [0.25, 0.3) is 0 Å². The molecule has 0 bridgehead atoms. The van der Waals surface area contributed by atoms with E-state index in [0.29, 0.717) is 12.0 Å². The van der Waals surface area contributed by atoms with Crippen LogP contribution in [0.15, 0.2) is 0 Å². The fraction of sp³-hybridized carbons (Fsp3) is 0.917. The van der Waals surface area contributed by atoms with Gasteiger partial charge in [0.25, 0.3) is 0 Å². The molecular weight excluding hydrogens is 188 g/mol. The molecule has 3 heteroatoms. The van der Waals surface area contributed by atoms with Crippen molar-refractivity contribution >= 4 is 5.91 Å². The second kappa shape index (κ2) is 4.12. The highest BCUT2D eigenvalue weighted by Gasteiger charge is 2.44. The fourth-order valence-corrected chi connectivity index (χ4v) is 2.46. The summed E-state index contributed by atoms with van der Waals surface area (Å²) in [5, 5.41) is 3.12. The second-order valence-electron chi connectivity index (χ2n) is 5.37. The predicted molar refractivity (Wildman–Crippen MR) is 60.3 cm³/mol. The van der Waals surface area contributed by atoms with Gasteiger partial charge in [-0.3, -0.25) is 4.79 Å². The van der Waals surface area contributed by atoms with Crippen molar-refractivity contribution in [3.63, 3.8) is 0 Å². The smallest absolute Gasteiger partial charge is 0.240 e. The van der Waals surface area contributed by atoms with Crippen molar-refractivity contribution < 1.29 is 4.79 Å². The second-order valence-corrected chi connectivity index (χ2v) is 5.37. The summed E-state index contributed by atoms with van der Waals surface area (Å²) in [7, 11) is 0. The van der Waals surface area contributed by atoms with E-state index in [0.717, 1.165) is 25.7 Å². The first-order valence-corrected chi connectivity index (χ1v) is 6.20. The van der Waals surface area contributed by atoms with Gasteiger partial charge in [-0.1, -0.05) is 19.3 Å². The molecule has 0 radical (unpaired) electrons. The van der Waals surface area contributed by atoms with Crippen molar-refractivity contribution in [3.8, 4) is 0 Å². The van der Waals surface area contributed by atoms with Gasteiger partial charge in [-0.15, -0.1) is 0 Å². The van der Waals surface area contributed by atoms with Crippen molar-refractivity contribution in [1.82, 2.24) is 5.32 Å². The Kier molecular flexibility index (Phi) is 3.01. The van der Waals surface area contributed by atoms with Crippen LogP contribution in [0.4, 0.5) is 0 Å². The first-order chi connectivity index (χ1) is 7.10. The zero-order valence-corrected chi connectivity index (χ0v) is 9.59. The zero-order chi connectivity index (χ0) is 10.9. The summed E-state index contributed by atoms with van der Waals surface area (Å²) in [6, 6.07) is 0.382. The lowest BCUT2D eigenvalue weighted by molar-refractivity contribution is -0.127. The fourth-order valence-electron chi connectivity index (χ4n) is 2.46. The molecule has 2 aliphatic rings. The first-order valence-electron chi connectivity index (χ1n) is 6.20. The maximum atomic E-state index is 12.0. The zero-order valence-electron chi connectivity index (χ0n) is 9.59. The van der Waals surface area contributed by atoms with E-state index in [1.165, 1.54) is 19.3 Å². The third kappa shape index (κ3) is 2.51. The number of carbonyl (C=O) groups excluding carboxylic acids is 1. The highest BCUT2D eigenvalue weighted by molar-refractivity contribution is 5.86. The van der Waals surface area contributed by atoms with Gasteiger partial charge in [-0.25, -0.2) is 0 Å². The first kappa shape index (κ1) is 10.9.